The molecule has 0 spiro atoms. The van der Waals surface area contributed by atoms with Crippen LogP contribution in [0.3, 0.4) is 0 Å². The summed E-state index contributed by atoms with van der Waals surface area (Å²) in [6, 6.07) is 7.66. The van der Waals surface area contributed by atoms with E-state index in [0.29, 0.717) is 23.9 Å². The molecule has 7 heteroatoms. The zero-order chi connectivity index (χ0) is 18.4. The van der Waals surface area contributed by atoms with Crippen LogP contribution in [0.15, 0.2) is 30.5 Å². The molecule has 0 bridgehead atoms. The van der Waals surface area contributed by atoms with Crippen molar-refractivity contribution in [3.05, 3.63) is 52.3 Å². The molecule has 26 heavy (non-hydrogen) atoms. The number of carbonyl (C=O) groups excluding carboxylic acids is 2. The van der Waals surface area contributed by atoms with Gasteiger partial charge in [0, 0.05) is 31.5 Å². The van der Waals surface area contributed by atoms with Gasteiger partial charge in [0.25, 0.3) is 5.91 Å². The van der Waals surface area contributed by atoms with Gasteiger partial charge in [-0.15, -0.1) is 0 Å². The molecular formula is C19H21ClN4O2. The van der Waals surface area contributed by atoms with Crippen LogP contribution in [-0.4, -0.2) is 33.0 Å². The van der Waals surface area contributed by atoms with Crippen LogP contribution in [0.4, 0.5) is 0 Å². The lowest BCUT2D eigenvalue weighted by Crippen LogP contribution is -2.42. The molecule has 6 nitrogen and oxygen atoms in total. The lowest BCUT2D eigenvalue weighted by molar-refractivity contribution is -0.125. The highest BCUT2D eigenvalue weighted by molar-refractivity contribution is 6.31. The van der Waals surface area contributed by atoms with Gasteiger partial charge in [0.1, 0.15) is 0 Å². The molecule has 136 valence electrons. The van der Waals surface area contributed by atoms with Crippen molar-refractivity contribution in [2.24, 2.45) is 24.6 Å². The summed E-state index contributed by atoms with van der Waals surface area (Å²) < 4.78 is 1.76. The quantitative estimate of drug-likeness (QED) is 0.874. The number of primary amides is 1. The van der Waals surface area contributed by atoms with Gasteiger partial charge in [-0.2, -0.15) is 5.10 Å². The molecule has 2 amide bonds. The molecule has 1 unspecified atom stereocenters. The number of aryl methyl sites for hydroxylation is 1. The van der Waals surface area contributed by atoms with E-state index in [1.54, 1.807) is 10.9 Å². The molecule has 1 aromatic heterocycles. The van der Waals surface area contributed by atoms with Crippen molar-refractivity contribution in [1.82, 2.24) is 14.7 Å². The number of benzene rings is 1. The Balaban J connectivity index is 1.59. The third-order valence-corrected chi connectivity index (χ3v) is 5.99. The molecule has 2 heterocycles. The van der Waals surface area contributed by atoms with E-state index in [0.717, 1.165) is 29.7 Å². The summed E-state index contributed by atoms with van der Waals surface area (Å²) in [5, 5.41) is 4.82. The average Bonchev–Trinajstić information content (AvgIpc) is 3.03. The van der Waals surface area contributed by atoms with Crippen molar-refractivity contribution in [2.45, 2.75) is 25.3 Å². The number of nitrogens with zero attached hydrogens (tertiary/aromatic N) is 3. The Morgan fingerprint density at radius 2 is 2.08 bits per heavy atom. The minimum absolute atomic E-state index is 0.0476. The minimum Gasteiger partial charge on any atom is -0.369 e. The minimum atomic E-state index is -0.240. The molecule has 0 saturated heterocycles. The van der Waals surface area contributed by atoms with Gasteiger partial charge in [0.15, 0.2) is 0 Å². The summed E-state index contributed by atoms with van der Waals surface area (Å²) in [5.74, 6) is 0.0715. The number of carbonyl (C=O) groups is 2. The predicted octanol–water partition coefficient (Wildman–Crippen LogP) is 2.32. The Kier molecular flexibility index (Phi) is 4.23. The maximum atomic E-state index is 13.0. The van der Waals surface area contributed by atoms with E-state index in [1.807, 2.05) is 36.2 Å². The van der Waals surface area contributed by atoms with Crippen LogP contribution in [0.5, 0.6) is 0 Å². The first-order valence-electron chi connectivity index (χ1n) is 8.81. The maximum absolute atomic E-state index is 13.0. The second-order valence-corrected chi connectivity index (χ2v) is 7.67. The SMILES string of the molecule is Cn1ncc(Cl)c1CC1c2ccccc2C(=O)N1CC1CC(C(N)=O)C1. The molecule has 2 aliphatic rings. The monoisotopic (exact) mass is 372 g/mol. The number of fused-ring (bicyclic) bond motifs is 1. The third-order valence-electron chi connectivity index (χ3n) is 5.68. The summed E-state index contributed by atoms with van der Waals surface area (Å²) in [6.45, 7) is 0.636. The Hall–Kier alpha value is -2.34. The van der Waals surface area contributed by atoms with E-state index in [4.69, 9.17) is 17.3 Å². The van der Waals surface area contributed by atoms with E-state index in [2.05, 4.69) is 5.10 Å². The summed E-state index contributed by atoms with van der Waals surface area (Å²) in [7, 11) is 1.86. The summed E-state index contributed by atoms with van der Waals surface area (Å²) in [4.78, 5) is 26.2. The van der Waals surface area contributed by atoms with Gasteiger partial charge in [0.2, 0.25) is 5.91 Å². The van der Waals surface area contributed by atoms with Crippen molar-refractivity contribution < 1.29 is 9.59 Å². The molecule has 2 N–H and O–H groups in total. The van der Waals surface area contributed by atoms with E-state index >= 15 is 0 Å². The van der Waals surface area contributed by atoms with Gasteiger partial charge in [0.05, 0.1) is 23.0 Å². The second kappa shape index (κ2) is 6.43. The summed E-state index contributed by atoms with van der Waals surface area (Å²) in [5.41, 5.74) is 8.06. The fraction of sp³-hybridized carbons (Fsp3) is 0.421. The maximum Gasteiger partial charge on any atom is 0.254 e. The predicted molar refractivity (Wildman–Crippen MR) is 97.5 cm³/mol. The first-order chi connectivity index (χ1) is 12.5. The highest BCUT2D eigenvalue weighted by Crippen LogP contribution is 2.41. The van der Waals surface area contributed by atoms with Gasteiger partial charge in [-0.3, -0.25) is 14.3 Å². The molecule has 1 saturated carbocycles. The topological polar surface area (TPSA) is 81.2 Å². The van der Waals surface area contributed by atoms with Gasteiger partial charge in [-0.05, 0) is 30.4 Å². The number of aromatic nitrogens is 2. The van der Waals surface area contributed by atoms with Gasteiger partial charge in [-0.1, -0.05) is 29.8 Å². The van der Waals surface area contributed by atoms with Crippen LogP contribution in [0.25, 0.3) is 0 Å². The second-order valence-electron chi connectivity index (χ2n) is 7.26. The Morgan fingerprint density at radius 1 is 1.35 bits per heavy atom. The van der Waals surface area contributed by atoms with Crippen LogP contribution in [0.1, 0.15) is 40.5 Å². The first kappa shape index (κ1) is 17.1. The lowest BCUT2D eigenvalue weighted by atomic mass is 9.74. The zero-order valence-corrected chi connectivity index (χ0v) is 15.3. The molecule has 1 aromatic carbocycles. The lowest BCUT2D eigenvalue weighted by Gasteiger charge is -2.37. The van der Waals surface area contributed by atoms with Crippen molar-refractivity contribution >= 4 is 23.4 Å². The third kappa shape index (κ3) is 2.78. The number of rotatable bonds is 5. The first-order valence-corrected chi connectivity index (χ1v) is 9.19. The Morgan fingerprint density at radius 3 is 2.73 bits per heavy atom. The zero-order valence-electron chi connectivity index (χ0n) is 14.6. The molecule has 0 radical (unpaired) electrons. The summed E-state index contributed by atoms with van der Waals surface area (Å²) >= 11 is 6.29. The fourth-order valence-corrected chi connectivity index (χ4v) is 4.36. The number of hydrogen-bond acceptors (Lipinski definition) is 3. The largest absolute Gasteiger partial charge is 0.369 e. The van der Waals surface area contributed by atoms with Crippen molar-refractivity contribution in [3.63, 3.8) is 0 Å². The van der Waals surface area contributed by atoms with Crippen molar-refractivity contribution in [3.8, 4) is 0 Å². The summed E-state index contributed by atoms with van der Waals surface area (Å²) in [6.07, 6.45) is 3.76. The average molecular weight is 373 g/mol. The van der Waals surface area contributed by atoms with E-state index in [1.165, 1.54) is 0 Å². The van der Waals surface area contributed by atoms with Crippen LogP contribution in [-0.2, 0) is 18.3 Å². The molecular weight excluding hydrogens is 352 g/mol. The highest BCUT2D eigenvalue weighted by atomic mass is 35.5. The number of halogens is 1. The molecule has 1 aliphatic heterocycles. The fourth-order valence-electron chi connectivity index (χ4n) is 4.12. The van der Waals surface area contributed by atoms with E-state index in [-0.39, 0.29) is 23.8 Å². The number of hydrogen-bond donors (Lipinski definition) is 1. The number of amides is 2. The Bertz CT molecular complexity index is 853. The van der Waals surface area contributed by atoms with Crippen molar-refractivity contribution in [1.29, 1.82) is 0 Å². The normalized spacial score (nSPS) is 24.5. The molecule has 1 aliphatic carbocycles. The molecule has 4 rings (SSSR count). The number of nitrogens with two attached hydrogens (primary N) is 1. The highest BCUT2D eigenvalue weighted by Gasteiger charge is 2.41. The van der Waals surface area contributed by atoms with Crippen LogP contribution in [0, 0.1) is 11.8 Å². The van der Waals surface area contributed by atoms with Crippen LogP contribution in [0.2, 0.25) is 5.02 Å². The molecule has 1 atom stereocenters. The van der Waals surface area contributed by atoms with Gasteiger partial charge in [-0.25, -0.2) is 0 Å². The van der Waals surface area contributed by atoms with E-state index in [9.17, 15) is 9.59 Å². The van der Waals surface area contributed by atoms with Crippen LogP contribution < -0.4 is 5.73 Å². The Labute approximate surface area is 156 Å². The molecule has 2 aromatic rings. The standard InChI is InChI=1S/C19H21ClN4O2/c1-23-17(15(20)9-22-23)8-16-13-4-2-3-5-14(13)19(26)24(16)10-11-6-12(7-11)18(21)25/h2-5,9,11-12,16H,6-8,10H2,1H3,(H2,21,25). The van der Waals surface area contributed by atoms with E-state index < -0.39 is 0 Å². The van der Waals surface area contributed by atoms with Gasteiger partial charge >= 0.3 is 0 Å². The smallest absolute Gasteiger partial charge is 0.254 e. The van der Waals surface area contributed by atoms with Crippen molar-refractivity contribution in [2.75, 3.05) is 6.54 Å². The molecule has 1 fully saturated rings. The van der Waals surface area contributed by atoms with Gasteiger partial charge < -0.3 is 10.6 Å². The van der Waals surface area contributed by atoms with Crippen LogP contribution >= 0.6 is 11.6 Å².